The van der Waals surface area contributed by atoms with Crippen LogP contribution < -0.4 is 0 Å². The van der Waals surface area contributed by atoms with Gasteiger partial charge in [-0.15, -0.1) is 0 Å². The zero-order chi connectivity index (χ0) is 20.8. The number of nitrogens with zero attached hydrogens (tertiary/aromatic N) is 1. The number of hydrogen-bond donors (Lipinski definition) is 2. The fourth-order valence-corrected chi connectivity index (χ4v) is 5.05. The van der Waals surface area contributed by atoms with Gasteiger partial charge in [-0.25, -0.2) is 13.4 Å². The largest absolute Gasteiger partial charge is 0.507 e. The third kappa shape index (κ3) is 2.27. The highest BCUT2D eigenvalue weighted by molar-refractivity contribution is 7.93. The lowest BCUT2D eigenvalue weighted by Crippen LogP contribution is -2.38. The maximum absolute atomic E-state index is 14.2. The zero-order valence-corrected chi connectivity index (χ0v) is 17.1. The smallest absolute Gasteiger partial charge is 0.378 e. The number of aromatic hydroxyl groups is 1. The van der Waals surface area contributed by atoms with Crippen molar-refractivity contribution in [1.82, 2.24) is 9.97 Å². The molecule has 4 rings (SSSR count). The van der Waals surface area contributed by atoms with Gasteiger partial charge < -0.3 is 10.1 Å². The number of benzene rings is 2. The predicted molar refractivity (Wildman–Crippen MR) is 103 cm³/mol. The normalized spacial score (nSPS) is 17.4. The number of fused-ring (bicyclic) bond motifs is 3. The number of phenolic OH excluding ortho intramolecular Hbond substituents is 1. The van der Waals surface area contributed by atoms with Gasteiger partial charge >= 0.3 is 5.25 Å². The number of imidazole rings is 1. The van der Waals surface area contributed by atoms with Crippen LogP contribution in [0.1, 0.15) is 37.5 Å². The van der Waals surface area contributed by atoms with Crippen molar-refractivity contribution in [3.05, 3.63) is 39.9 Å². The van der Waals surface area contributed by atoms with Crippen molar-refractivity contribution in [1.29, 1.82) is 0 Å². The third-order valence-corrected chi connectivity index (χ3v) is 7.27. The minimum absolute atomic E-state index is 0.0494. The molecule has 0 aliphatic carbocycles. The van der Waals surface area contributed by atoms with Gasteiger partial charge in [-0.3, -0.25) is 0 Å². The molecule has 2 heterocycles. The Morgan fingerprint density at radius 3 is 2.50 bits per heavy atom. The molecule has 2 aromatic carbocycles. The van der Waals surface area contributed by atoms with E-state index in [0.717, 1.165) is 6.07 Å². The van der Waals surface area contributed by atoms with Crippen LogP contribution in [-0.4, -0.2) is 23.5 Å². The van der Waals surface area contributed by atoms with Gasteiger partial charge in [0, 0.05) is 10.6 Å². The summed E-state index contributed by atoms with van der Waals surface area (Å²) in [5.74, 6) is 0.0955. The van der Waals surface area contributed by atoms with E-state index in [1.54, 1.807) is 13.0 Å². The number of sulfone groups is 1. The fraction of sp³-hybridized carbons (Fsp3) is 0.316. The molecular formula is C19H17ClF2N2O3S. The summed E-state index contributed by atoms with van der Waals surface area (Å²) in [6, 6.07) is 4.20. The Balaban J connectivity index is 2.03. The Hall–Kier alpha value is -2.19. The van der Waals surface area contributed by atoms with Crippen LogP contribution in [-0.2, 0) is 20.5 Å². The SMILES string of the molecule is Cc1c(Cl)cc(C(C)(C)C)c(O)c1-c1nc2c3c(ccc2[nH]1)S(=O)(=O)C3(F)F. The van der Waals surface area contributed by atoms with Crippen LogP contribution in [0.3, 0.4) is 0 Å². The van der Waals surface area contributed by atoms with E-state index in [1.807, 2.05) is 20.8 Å². The van der Waals surface area contributed by atoms with Crippen molar-refractivity contribution in [2.24, 2.45) is 0 Å². The van der Waals surface area contributed by atoms with Gasteiger partial charge in [0.05, 0.1) is 21.5 Å². The van der Waals surface area contributed by atoms with Gasteiger partial charge in [0.25, 0.3) is 0 Å². The molecule has 28 heavy (non-hydrogen) atoms. The average molecular weight is 427 g/mol. The minimum atomic E-state index is -4.67. The minimum Gasteiger partial charge on any atom is -0.507 e. The third-order valence-electron chi connectivity index (χ3n) is 5.08. The number of aromatic nitrogens is 2. The highest BCUT2D eigenvalue weighted by atomic mass is 35.5. The lowest BCUT2D eigenvalue weighted by atomic mass is 9.84. The number of aromatic amines is 1. The van der Waals surface area contributed by atoms with Crippen LogP contribution >= 0.6 is 11.6 Å². The number of H-pyrrole nitrogens is 1. The molecule has 0 atom stereocenters. The van der Waals surface area contributed by atoms with Gasteiger partial charge in [0.2, 0.25) is 9.84 Å². The van der Waals surface area contributed by atoms with Gasteiger partial charge in [-0.1, -0.05) is 32.4 Å². The summed E-state index contributed by atoms with van der Waals surface area (Å²) in [5.41, 5.74) is 0.481. The molecule has 2 N–H and O–H groups in total. The molecule has 9 heteroatoms. The molecule has 148 valence electrons. The van der Waals surface area contributed by atoms with Gasteiger partial charge in [0.1, 0.15) is 17.1 Å². The van der Waals surface area contributed by atoms with E-state index in [9.17, 15) is 22.3 Å². The Kier molecular flexibility index (Phi) is 3.72. The summed E-state index contributed by atoms with van der Waals surface area (Å²) >= 11 is 6.34. The first kappa shape index (κ1) is 19.1. The van der Waals surface area contributed by atoms with E-state index in [-0.39, 0.29) is 22.6 Å². The van der Waals surface area contributed by atoms with Crippen molar-refractivity contribution in [3.63, 3.8) is 0 Å². The second-order valence-electron chi connectivity index (χ2n) is 7.95. The van der Waals surface area contributed by atoms with E-state index in [1.165, 1.54) is 6.07 Å². The zero-order valence-electron chi connectivity index (χ0n) is 15.5. The molecule has 0 radical (unpaired) electrons. The molecule has 0 saturated carbocycles. The van der Waals surface area contributed by atoms with Crippen LogP contribution in [0.4, 0.5) is 8.78 Å². The molecular weight excluding hydrogens is 410 g/mol. The lowest BCUT2D eigenvalue weighted by Gasteiger charge is -2.29. The Bertz CT molecular complexity index is 1270. The van der Waals surface area contributed by atoms with Crippen molar-refractivity contribution in [2.45, 2.75) is 43.3 Å². The topological polar surface area (TPSA) is 83.1 Å². The number of hydrogen-bond acceptors (Lipinski definition) is 4. The average Bonchev–Trinajstić information content (AvgIpc) is 2.99. The number of rotatable bonds is 1. The first-order valence-corrected chi connectivity index (χ1v) is 10.3. The molecule has 0 saturated heterocycles. The molecule has 0 bridgehead atoms. The molecule has 1 aromatic heterocycles. The van der Waals surface area contributed by atoms with Crippen molar-refractivity contribution in [3.8, 4) is 17.1 Å². The molecule has 0 spiro atoms. The number of halogens is 3. The van der Waals surface area contributed by atoms with Gasteiger partial charge in [-0.2, -0.15) is 8.78 Å². The summed E-state index contributed by atoms with van der Waals surface area (Å²) in [6.07, 6.45) is 0. The van der Waals surface area contributed by atoms with Crippen molar-refractivity contribution < 1.29 is 22.3 Å². The van der Waals surface area contributed by atoms with Crippen molar-refractivity contribution >= 4 is 32.5 Å². The molecule has 0 fully saturated rings. The summed E-state index contributed by atoms with van der Waals surface area (Å²) in [5, 5.41) is 7.28. The summed E-state index contributed by atoms with van der Waals surface area (Å²) in [6.45, 7) is 7.41. The predicted octanol–water partition coefficient (Wildman–Crippen LogP) is 5.03. The van der Waals surface area contributed by atoms with E-state index in [2.05, 4.69) is 9.97 Å². The standard InChI is InChI=1S/C19H17ClF2N2O3S/c1-8-10(20)7-9(18(2,3)4)16(25)13(8)17-23-11-5-6-12-14(15(11)24-17)19(21,22)28(12,26)27/h5-7,25H,1-4H3,(H,23,24). The summed E-state index contributed by atoms with van der Waals surface area (Å²) in [7, 11) is -4.67. The second kappa shape index (κ2) is 5.45. The first-order valence-electron chi connectivity index (χ1n) is 8.47. The Morgan fingerprint density at radius 1 is 1.25 bits per heavy atom. The van der Waals surface area contributed by atoms with Crippen LogP contribution in [0, 0.1) is 6.92 Å². The van der Waals surface area contributed by atoms with Crippen LogP contribution in [0.5, 0.6) is 5.75 Å². The van der Waals surface area contributed by atoms with Crippen LogP contribution in [0.25, 0.3) is 22.4 Å². The fourth-order valence-electron chi connectivity index (χ4n) is 3.50. The number of nitrogens with one attached hydrogen (secondary N) is 1. The lowest BCUT2D eigenvalue weighted by molar-refractivity contribution is 0.0755. The van der Waals surface area contributed by atoms with Crippen LogP contribution in [0.2, 0.25) is 5.02 Å². The highest BCUT2D eigenvalue weighted by Crippen LogP contribution is 2.54. The van der Waals surface area contributed by atoms with E-state index < -0.39 is 31.0 Å². The maximum atomic E-state index is 14.2. The quantitative estimate of drug-likeness (QED) is 0.571. The highest BCUT2D eigenvalue weighted by Gasteiger charge is 2.61. The summed E-state index contributed by atoms with van der Waals surface area (Å²) in [4.78, 5) is 6.71. The van der Waals surface area contributed by atoms with Gasteiger partial charge in [0.15, 0.2) is 0 Å². The number of alkyl halides is 2. The molecule has 1 aliphatic heterocycles. The molecule has 1 aliphatic rings. The maximum Gasteiger partial charge on any atom is 0.378 e. The molecule has 0 amide bonds. The Morgan fingerprint density at radius 2 is 1.89 bits per heavy atom. The number of phenols is 1. The second-order valence-corrected chi connectivity index (χ2v) is 10.3. The van der Waals surface area contributed by atoms with Crippen molar-refractivity contribution in [2.75, 3.05) is 0 Å². The Labute approximate surface area is 165 Å². The molecule has 0 unspecified atom stereocenters. The molecule has 3 aromatic rings. The van der Waals surface area contributed by atoms with Gasteiger partial charge in [-0.05, 0) is 36.1 Å². The first-order chi connectivity index (χ1) is 12.8. The van der Waals surface area contributed by atoms with E-state index >= 15 is 0 Å². The van der Waals surface area contributed by atoms with E-state index in [4.69, 9.17) is 11.6 Å². The molecule has 5 nitrogen and oxygen atoms in total. The van der Waals surface area contributed by atoms with Crippen LogP contribution in [0.15, 0.2) is 23.1 Å². The van der Waals surface area contributed by atoms with E-state index in [0.29, 0.717) is 21.7 Å². The monoisotopic (exact) mass is 426 g/mol. The summed E-state index contributed by atoms with van der Waals surface area (Å²) < 4.78 is 51.9.